The van der Waals surface area contributed by atoms with E-state index in [2.05, 4.69) is 0 Å². The molecule has 1 aliphatic heterocycles. The molecule has 0 aromatic rings. The van der Waals surface area contributed by atoms with Crippen molar-refractivity contribution >= 4 is 10.0 Å². The smallest absolute Gasteiger partial charge is 0.211 e. The first-order valence-corrected chi connectivity index (χ1v) is 8.93. The number of rotatable bonds is 5. The van der Waals surface area contributed by atoms with Gasteiger partial charge in [-0.05, 0) is 37.5 Å². The molecule has 1 heterocycles. The molecule has 5 heteroatoms. The van der Waals surface area contributed by atoms with E-state index in [9.17, 15) is 13.5 Å². The van der Waals surface area contributed by atoms with Gasteiger partial charge >= 0.3 is 0 Å². The van der Waals surface area contributed by atoms with E-state index in [1.807, 2.05) is 0 Å². The Bertz CT molecular complexity index is 364. The number of sulfonamides is 1. The van der Waals surface area contributed by atoms with Crippen LogP contribution in [0.3, 0.4) is 0 Å². The van der Waals surface area contributed by atoms with Crippen molar-refractivity contribution in [2.24, 2.45) is 11.8 Å². The van der Waals surface area contributed by atoms with E-state index in [1.165, 1.54) is 25.5 Å². The summed E-state index contributed by atoms with van der Waals surface area (Å²) in [5, 5.41) is 10.1. The van der Waals surface area contributed by atoms with Gasteiger partial charge in [-0.1, -0.05) is 19.3 Å². The van der Waals surface area contributed by atoms with Crippen LogP contribution in [-0.4, -0.2) is 43.3 Å². The normalized spacial score (nSPS) is 28.9. The predicted molar refractivity (Wildman–Crippen MR) is 71.7 cm³/mol. The van der Waals surface area contributed by atoms with Crippen LogP contribution in [0.15, 0.2) is 0 Å². The highest BCUT2D eigenvalue weighted by molar-refractivity contribution is 7.88. The SMILES string of the molecule is CS(=O)(=O)N1CCCC(CC(O)CC2CCC2)C1. The minimum Gasteiger partial charge on any atom is -0.393 e. The Morgan fingerprint density at radius 3 is 2.33 bits per heavy atom. The highest BCUT2D eigenvalue weighted by atomic mass is 32.2. The molecule has 2 aliphatic rings. The van der Waals surface area contributed by atoms with Gasteiger partial charge in [0.2, 0.25) is 10.0 Å². The van der Waals surface area contributed by atoms with Crippen molar-refractivity contribution in [3.63, 3.8) is 0 Å². The molecule has 4 nitrogen and oxygen atoms in total. The average molecular weight is 275 g/mol. The molecule has 2 unspecified atom stereocenters. The van der Waals surface area contributed by atoms with E-state index in [1.54, 1.807) is 4.31 Å². The Morgan fingerprint density at radius 1 is 1.17 bits per heavy atom. The van der Waals surface area contributed by atoms with Crippen LogP contribution in [0.1, 0.15) is 44.9 Å². The van der Waals surface area contributed by atoms with Crippen LogP contribution >= 0.6 is 0 Å². The molecule has 1 N–H and O–H groups in total. The summed E-state index contributed by atoms with van der Waals surface area (Å²) in [5.41, 5.74) is 0. The minimum absolute atomic E-state index is 0.236. The molecule has 0 spiro atoms. The van der Waals surface area contributed by atoms with Gasteiger partial charge in [0.15, 0.2) is 0 Å². The molecule has 1 saturated heterocycles. The summed E-state index contributed by atoms with van der Waals surface area (Å²) in [7, 11) is -3.06. The zero-order valence-electron chi connectivity index (χ0n) is 11.2. The van der Waals surface area contributed by atoms with Gasteiger partial charge in [0.25, 0.3) is 0 Å². The summed E-state index contributed by atoms with van der Waals surface area (Å²) < 4.78 is 24.6. The lowest BCUT2D eigenvalue weighted by Crippen LogP contribution is -2.40. The van der Waals surface area contributed by atoms with Crippen molar-refractivity contribution < 1.29 is 13.5 Å². The predicted octanol–water partition coefficient (Wildman–Crippen LogP) is 1.60. The van der Waals surface area contributed by atoms with E-state index >= 15 is 0 Å². The first-order valence-electron chi connectivity index (χ1n) is 7.08. The van der Waals surface area contributed by atoms with Gasteiger partial charge in [0, 0.05) is 13.1 Å². The molecule has 1 aliphatic carbocycles. The molecular weight excluding hydrogens is 250 g/mol. The quantitative estimate of drug-likeness (QED) is 0.829. The number of aliphatic hydroxyl groups is 1. The first-order chi connectivity index (χ1) is 8.45. The largest absolute Gasteiger partial charge is 0.393 e. The number of hydrogen-bond donors (Lipinski definition) is 1. The van der Waals surface area contributed by atoms with Crippen LogP contribution in [0, 0.1) is 11.8 Å². The summed E-state index contributed by atoms with van der Waals surface area (Å²) in [6.45, 7) is 1.24. The molecule has 106 valence electrons. The van der Waals surface area contributed by atoms with Crippen molar-refractivity contribution in [2.45, 2.75) is 51.0 Å². The highest BCUT2D eigenvalue weighted by Gasteiger charge is 2.28. The zero-order chi connectivity index (χ0) is 13.2. The van der Waals surface area contributed by atoms with Gasteiger partial charge in [0.05, 0.1) is 12.4 Å². The molecule has 2 fully saturated rings. The maximum absolute atomic E-state index is 11.5. The van der Waals surface area contributed by atoms with Gasteiger partial charge in [-0.15, -0.1) is 0 Å². The molecule has 0 amide bonds. The number of hydrogen-bond acceptors (Lipinski definition) is 3. The molecular formula is C13H25NO3S. The summed E-state index contributed by atoms with van der Waals surface area (Å²) in [6.07, 6.45) is 8.52. The molecule has 0 aromatic carbocycles. The monoisotopic (exact) mass is 275 g/mol. The lowest BCUT2D eigenvalue weighted by molar-refractivity contribution is 0.0826. The van der Waals surface area contributed by atoms with E-state index in [-0.39, 0.29) is 6.10 Å². The fraction of sp³-hybridized carbons (Fsp3) is 1.00. The number of aliphatic hydroxyl groups excluding tert-OH is 1. The molecule has 18 heavy (non-hydrogen) atoms. The van der Waals surface area contributed by atoms with E-state index < -0.39 is 10.0 Å². The third kappa shape index (κ3) is 3.93. The zero-order valence-corrected chi connectivity index (χ0v) is 12.0. The molecule has 2 rings (SSSR count). The summed E-state index contributed by atoms with van der Waals surface area (Å²) in [6, 6.07) is 0. The van der Waals surface area contributed by atoms with Crippen molar-refractivity contribution in [1.82, 2.24) is 4.31 Å². The average Bonchev–Trinajstić information content (AvgIpc) is 2.23. The Balaban J connectivity index is 1.78. The second-order valence-corrected chi connectivity index (χ2v) is 8.03. The van der Waals surface area contributed by atoms with Crippen molar-refractivity contribution in [2.75, 3.05) is 19.3 Å². The summed E-state index contributed by atoms with van der Waals surface area (Å²) >= 11 is 0. The molecule has 0 bridgehead atoms. The Hall–Kier alpha value is -0.130. The Labute approximate surface area is 110 Å². The van der Waals surface area contributed by atoms with Crippen molar-refractivity contribution in [3.05, 3.63) is 0 Å². The van der Waals surface area contributed by atoms with Crippen LogP contribution < -0.4 is 0 Å². The van der Waals surface area contributed by atoms with E-state index in [0.717, 1.165) is 31.6 Å². The lowest BCUT2D eigenvalue weighted by atomic mass is 9.79. The second kappa shape index (κ2) is 5.88. The molecule has 0 radical (unpaired) electrons. The third-order valence-electron chi connectivity index (χ3n) is 4.39. The first kappa shape index (κ1) is 14.3. The van der Waals surface area contributed by atoms with Crippen LogP contribution in [0.5, 0.6) is 0 Å². The van der Waals surface area contributed by atoms with Crippen LogP contribution in [-0.2, 0) is 10.0 Å². The maximum Gasteiger partial charge on any atom is 0.211 e. The Kier molecular flexibility index (Phi) is 4.67. The van der Waals surface area contributed by atoms with Gasteiger partial charge in [-0.25, -0.2) is 12.7 Å². The fourth-order valence-corrected chi connectivity index (χ4v) is 4.06. The van der Waals surface area contributed by atoms with Crippen molar-refractivity contribution in [1.29, 1.82) is 0 Å². The van der Waals surface area contributed by atoms with E-state index in [0.29, 0.717) is 19.0 Å². The maximum atomic E-state index is 11.5. The standard InChI is InChI=1S/C13H25NO3S/c1-18(16,17)14-7-3-6-12(10-14)9-13(15)8-11-4-2-5-11/h11-13,15H,2-10H2,1H3. The fourth-order valence-electron chi connectivity index (χ4n) is 3.11. The van der Waals surface area contributed by atoms with Gasteiger partial charge in [-0.3, -0.25) is 0 Å². The molecule has 2 atom stereocenters. The second-order valence-electron chi connectivity index (χ2n) is 6.05. The third-order valence-corrected chi connectivity index (χ3v) is 5.66. The van der Waals surface area contributed by atoms with Gasteiger partial charge in [0.1, 0.15) is 0 Å². The van der Waals surface area contributed by atoms with Crippen molar-refractivity contribution in [3.8, 4) is 0 Å². The summed E-state index contributed by atoms with van der Waals surface area (Å²) in [5.74, 6) is 1.05. The van der Waals surface area contributed by atoms with E-state index in [4.69, 9.17) is 0 Å². The topological polar surface area (TPSA) is 57.6 Å². The molecule has 1 saturated carbocycles. The van der Waals surface area contributed by atoms with Crippen LogP contribution in [0.25, 0.3) is 0 Å². The minimum atomic E-state index is -3.06. The summed E-state index contributed by atoms with van der Waals surface area (Å²) in [4.78, 5) is 0. The van der Waals surface area contributed by atoms with Gasteiger partial charge < -0.3 is 5.11 Å². The number of nitrogens with zero attached hydrogens (tertiary/aromatic N) is 1. The Morgan fingerprint density at radius 2 is 1.78 bits per heavy atom. The highest BCUT2D eigenvalue weighted by Crippen LogP contribution is 2.32. The van der Waals surface area contributed by atoms with Crippen LogP contribution in [0.2, 0.25) is 0 Å². The molecule has 0 aromatic heterocycles. The van der Waals surface area contributed by atoms with Gasteiger partial charge in [-0.2, -0.15) is 0 Å². The lowest BCUT2D eigenvalue weighted by Gasteiger charge is -2.33. The van der Waals surface area contributed by atoms with Crippen LogP contribution in [0.4, 0.5) is 0 Å². The number of piperidine rings is 1.